The summed E-state index contributed by atoms with van der Waals surface area (Å²) in [5.41, 5.74) is 6.65. The molecule has 0 saturated heterocycles. The van der Waals surface area contributed by atoms with E-state index in [-0.39, 0.29) is 30.4 Å². The monoisotopic (exact) mass is 851 g/mol. The topological polar surface area (TPSA) is 210 Å². The first-order valence-electron chi connectivity index (χ1n) is 19.9. The Morgan fingerprint density at radius 1 is 0.469 bits per heavy atom. The molecule has 0 aromatic heterocycles. The molecule has 0 unspecified atom stereocenters. The van der Waals surface area contributed by atoms with Crippen molar-refractivity contribution in [2.45, 2.75) is 20.1 Å². The predicted octanol–water partition coefficient (Wildman–Crippen LogP) is 14.1. The van der Waals surface area contributed by atoms with Gasteiger partial charge in [0.25, 0.3) is 0 Å². The summed E-state index contributed by atoms with van der Waals surface area (Å²) in [6.45, 7) is 1.15. The Balaban J connectivity index is 0.986. The zero-order valence-corrected chi connectivity index (χ0v) is 34.9. The standard InChI is InChI=1S/C49H41N9O6/c1-29-21-43(46(63-2)25-41(29)55-51-36-17-20-38(32(23-36)27-59)52-53-39-13-7-9-30-10-8-14-45(61)48(30)39)57-56-42-26-47(64-3)44(24-33(42)28-60)58-54-40-19-15-31-22-35(16-18-37(31)49(40)62)50-34-11-5-4-6-12-34/h4-26,50,59-62H,27-28H2,1-3H3. The molecule has 0 saturated carbocycles. The first kappa shape index (κ1) is 42.3. The molecule has 0 atom stereocenters. The van der Waals surface area contributed by atoms with Gasteiger partial charge in [-0.15, -0.1) is 25.6 Å². The number of aliphatic hydroxyl groups is 2. The van der Waals surface area contributed by atoms with Crippen LogP contribution in [0.3, 0.4) is 0 Å². The highest BCUT2D eigenvalue weighted by atomic mass is 16.5. The first-order chi connectivity index (χ1) is 31.2. The Kier molecular flexibility index (Phi) is 12.6. The number of nitrogens with one attached hydrogen (secondary N) is 1. The lowest BCUT2D eigenvalue weighted by Crippen LogP contribution is -1.89. The van der Waals surface area contributed by atoms with Crippen LogP contribution in [0.1, 0.15) is 16.7 Å². The van der Waals surface area contributed by atoms with Crippen LogP contribution in [0.15, 0.2) is 180 Å². The molecule has 0 aliphatic rings. The van der Waals surface area contributed by atoms with E-state index in [9.17, 15) is 20.4 Å². The summed E-state index contributed by atoms with van der Waals surface area (Å²) in [5.74, 6) is 0.762. The minimum atomic E-state index is -0.381. The molecule has 8 aromatic rings. The van der Waals surface area contributed by atoms with Crippen LogP contribution in [0.5, 0.6) is 23.0 Å². The average Bonchev–Trinajstić information content (AvgIpc) is 3.32. The van der Waals surface area contributed by atoms with Crippen molar-refractivity contribution in [3.8, 4) is 23.0 Å². The van der Waals surface area contributed by atoms with E-state index in [1.165, 1.54) is 14.2 Å². The number of para-hydroxylation sites is 1. The number of rotatable bonds is 14. The highest BCUT2D eigenvalue weighted by Crippen LogP contribution is 2.42. The van der Waals surface area contributed by atoms with Crippen molar-refractivity contribution in [1.82, 2.24) is 0 Å². The zero-order chi connectivity index (χ0) is 44.6. The Morgan fingerprint density at radius 3 is 1.84 bits per heavy atom. The molecule has 8 rings (SSSR count). The second-order valence-corrected chi connectivity index (χ2v) is 14.4. The van der Waals surface area contributed by atoms with E-state index >= 15 is 0 Å². The largest absolute Gasteiger partial charge is 0.507 e. The highest BCUT2D eigenvalue weighted by molar-refractivity contribution is 5.97. The average molecular weight is 852 g/mol. The van der Waals surface area contributed by atoms with Gasteiger partial charge in [-0.05, 0) is 102 Å². The van der Waals surface area contributed by atoms with E-state index in [0.29, 0.717) is 73.2 Å². The van der Waals surface area contributed by atoms with Crippen LogP contribution >= 0.6 is 0 Å². The van der Waals surface area contributed by atoms with E-state index in [0.717, 1.165) is 27.7 Å². The molecule has 0 amide bonds. The predicted molar refractivity (Wildman–Crippen MR) is 247 cm³/mol. The van der Waals surface area contributed by atoms with Gasteiger partial charge in [0.15, 0.2) is 5.75 Å². The fourth-order valence-corrected chi connectivity index (χ4v) is 6.90. The molecule has 0 bridgehead atoms. The third-order valence-electron chi connectivity index (χ3n) is 10.2. The van der Waals surface area contributed by atoms with Crippen molar-refractivity contribution in [3.63, 3.8) is 0 Å². The van der Waals surface area contributed by atoms with E-state index < -0.39 is 0 Å². The van der Waals surface area contributed by atoms with Gasteiger partial charge in [-0.25, -0.2) is 0 Å². The van der Waals surface area contributed by atoms with Gasteiger partial charge in [-0.1, -0.05) is 48.5 Å². The number of methoxy groups -OCH3 is 2. The maximum Gasteiger partial charge on any atom is 0.150 e. The quantitative estimate of drug-likeness (QED) is 0.0667. The number of fused-ring (bicyclic) bond motifs is 2. The first-order valence-corrected chi connectivity index (χ1v) is 19.9. The SMILES string of the molecule is COc1cc(N=Nc2ccc(N=Nc3cccc4cccc(O)c34)c(CO)c2)c(C)cc1N=Nc1cc(OC)c(N=Nc2ccc3cc(Nc4ccccc4)ccc3c2O)cc1CO. The molecule has 5 N–H and O–H groups in total. The van der Waals surface area contributed by atoms with Gasteiger partial charge in [0.1, 0.15) is 34.3 Å². The minimum absolute atomic E-state index is 0.0265. The fourth-order valence-electron chi connectivity index (χ4n) is 6.90. The van der Waals surface area contributed by atoms with Gasteiger partial charge in [0, 0.05) is 40.0 Å². The molecule has 0 fully saturated rings. The molecule has 0 radical (unpaired) electrons. The maximum atomic E-state index is 11.1. The summed E-state index contributed by atoms with van der Waals surface area (Å²) in [6.07, 6.45) is 0. The molecule has 0 heterocycles. The second kappa shape index (κ2) is 19.1. The van der Waals surface area contributed by atoms with Crippen molar-refractivity contribution >= 4 is 78.4 Å². The molecule has 318 valence electrons. The Morgan fingerprint density at radius 2 is 1.09 bits per heavy atom. The van der Waals surface area contributed by atoms with Crippen LogP contribution in [-0.4, -0.2) is 34.6 Å². The number of azo groups is 4. The number of aromatic hydroxyl groups is 2. The molecule has 0 spiro atoms. The van der Waals surface area contributed by atoms with Gasteiger partial charge in [-0.3, -0.25) is 0 Å². The molecule has 64 heavy (non-hydrogen) atoms. The van der Waals surface area contributed by atoms with E-state index in [4.69, 9.17) is 9.47 Å². The summed E-state index contributed by atoms with van der Waals surface area (Å²) in [7, 11) is 2.98. The third-order valence-corrected chi connectivity index (χ3v) is 10.2. The fraction of sp³-hybridized carbons (Fsp3) is 0.102. The van der Waals surface area contributed by atoms with Gasteiger partial charge >= 0.3 is 0 Å². The van der Waals surface area contributed by atoms with Crippen molar-refractivity contribution in [1.29, 1.82) is 0 Å². The third kappa shape index (κ3) is 9.25. The van der Waals surface area contributed by atoms with Crippen LogP contribution in [0.4, 0.5) is 56.9 Å². The van der Waals surface area contributed by atoms with Crippen LogP contribution in [0.2, 0.25) is 0 Å². The summed E-state index contributed by atoms with van der Waals surface area (Å²) in [5, 5.41) is 83.3. The number of phenolic OH excluding ortho intramolecular Hbond substituents is 2. The molecular formula is C49H41N9O6. The van der Waals surface area contributed by atoms with Crippen LogP contribution in [0, 0.1) is 6.92 Å². The molecule has 0 aliphatic heterocycles. The number of aliphatic hydroxyl groups excluding tert-OH is 2. The molecule has 15 nitrogen and oxygen atoms in total. The molecular weight excluding hydrogens is 811 g/mol. The van der Waals surface area contributed by atoms with E-state index in [1.54, 1.807) is 66.7 Å². The Bertz CT molecular complexity index is 3130. The highest BCUT2D eigenvalue weighted by Gasteiger charge is 2.14. The lowest BCUT2D eigenvalue weighted by atomic mass is 10.1. The number of hydrogen-bond donors (Lipinski definition) is 5. The van der Waals surface area contributed by atoms with Crippen molar-refractivity contribution in [2.24, 2.45) is 40.9 Å². The van der Waals surface area contributed by atoms with Gasteiger partial charge < -0.3 is 35.2 Å². The van der Waals surface area contributed by atoms with E-state index in [2.05, 4.69) is 46.2 Å². The second-order valence-electron chi connectivity index (χ2n) is 14.4. The van der Waals surface area contributed by atoms with Gasteiger partial charge in [-0.2, -0.15) is 15.3 Å². The number of aryl methyl sites for hydroxylation is 1. The van der Waals surface area contributed by atoms with Crippen molar-refractivity contribution in [2.75, 3.05) is 19.5 Å². The smallest absolute Gasteiger partial charge is 0.150 e. The van der Waals surface area contributed by atoms with E-state index in [1.807, 2.05) is 79.7 Å². The lowest BCUT2D eigenvalue weighted by molar-refractivity contribution is 0.282. The molecule has 8 aromatic carbocycles. The van der Waals surface area contributed by atoms with Gasteiger partial charge in [0.2, 0.25) is 0 Å². The number of ether oxygens (including phenoxy) is 2. The van der Waals surface area contributed by atoms with Crippen molar-refractivity contribution in [3.05, 3.63) is 156 Å². The van der Waals surface area contributed by atoms with Crippen molar-refractivity contribution < 1.29 is 29.9 Å². The lowest BCUT2D eigenvalue weighted by Gasteiger charge is -2.10. The summed E-state index contributed by atoms with van der Waals surface area (Å²) >= 11 is 0. The summed E-state index contributed by atoms with van der Waals surface area (Å²) in [4.78, 5) is 0. The number of hydrogen-bond acceptors (Lipinski definition) is 15. The Labute approximate surface area is 367 Å². The number of phenols is 2. The number of nitrogens with zero attached hydrogens (tertiary/aromatic N) is 8. The zero-order valence-electron chi connectivity index (χ0n) is 34.9. The normalized spacial score (nSPS) is 11.8. The summed E-state index contributed by atoms with van der Waals surface area (Å²) in [6, 6.07) is 41.4. The van der Waals surface area contributed by atoms with Crippen LogP contribution in [-0.2, 0) is 13.2 Å². The van der Waals surface area contributed by atoms with Crippen LogP contribution in [0.25, 0.3) is 21.5 Å². The number of benzene rings is 8. The molecule has 0 aliphatic carbocycles. The minimum Gasteiger partial charge on any atom is -0.507 e. The Hall–Kier alpha value is -8.40. The van der Waals surface area contributed by atoms with Gasteiger partial charge in [0.05, 0.1) is 61.3 Å². The van der Waals surface area contributed by atoms with Crippen LogP contribution < -0.4 is 14.8 Å². The number of anilines is 2. The molecule has 15 heteroatoms. The maximum absolute atomic E-state index is 11.1. The summed E-state index contributed by atoms with van der Waals surface area (Å²) < 4.78 is 11.3.